The van der Waals surface area contributed by atoms with Crippen molar-refractivity contribution in [2.24, 2.45) is 5.92 Å². The average molecular weight is 472 g/mol. The minimum absolute atomic E-state index is 0.119. The highest BCUT2D eigenvalue weighted by Gasteiger charge is 2.35. The molecule has 1 N–H and O–H groups in total. The van der Waals surface area contributed by atoms with Crippen molar-refractivity contribution in [3.05, 3.63) is 77.4 Å². The van der Waals surface area contributed by atoms with E-state index in [9.17, 15) is 14.4 Å². The van der Waals surface area contributed by atoms with E-state index in [-0.39, 0.29) is 24.3 Å². The first-order valence-corrected chi connectivity index (χ1v) is 12.3. The second-order valence-electron chi connectivity index (χ2n) is 9.65. The first-order valence-electron chi connectivity index (χ1n) is 12.3. The molecule has 0 spiro atoms. The fourth-order valence-corrected chi connectivity index (χ4v) is 4.71. The van der Waals surface area contributed by atoms with E-state index in [0.29, 0.717) is 31.0 Å². The van der Waals surface area contributed by atoms with Crippen LogP contribution in [0.4, 0.5) is 5.69 Å². The summed E-state index contributed by atoms with van der Waals surface area (Å²) < 4.78 is 0. The second kappa shape index (κ2) is 10.3. The Morgan fingerprint density at radius 2 is 1.74 bits per heavy atom. The molecule has 0 fully saturated rings. The number of rotatable bonds is 9. The highest BCUT2D eigenvalue weighted by atomic mass is 16.2. The van der Waals surface area contributed by atoms with Crippen LogP contribution in [0.5, 0.6) is 0 Å². The molecule has 0 unspecified atom stereocenters. The number of benzene rings is 3. The lowest BCUT2D eigenvalue weighted by Gasteiger charge is -2.32. The van der Waals surface area contributed by atoms with Crippen molar-refractivity contribution in [2.75, 3.05) is 18.0 Å². The summed E-state index contributed by atoms with van der Waals surface area (Å²) in [5.41, 5.74) is 3.39. The van der Waals surface area contributed by atoms with Crippen LogP contribution in [0.15, 0.2) is 60.7 Å². The largest absolute Gasteiger partial charge is 0.354 e. The highest BCUT2D eigenvalue weighted by Crippen LogP contribution is 2.37. The van der Waals surface area contributed by atoms with Crippen LogP contribution in [0.3, 0.4) is 0 Å². The van der Waals surface area contributed by atoms with Gasteiger partial charge in [-0.3, -0.25) is 19.3 Å². The molecule has 1 aliphatic rings. The van der Waals surface area contributed by atoms with Gasteiger partial charge in [0.05, 0.1) is 5.69 Å². The Bertz CT molecular complexity index is 1260. The second-order valence-corrected chi connectivity index (χ2v) is 9.65. The maximum Gasteiger partial charge on any atom is 0.259 e. The fourth-order valence-electron chi connectivity index (χ4n) is 4.71. The fraction of sp³-hybridized carbons (Fsp3) is 0.345. The first-order chi connectivity index (χ1) is 16.8. The maximum atomic E-state index is 13.8. The van der Waals surface area contributed by atoms with Crippen molar-refractivity contribution in [3.8, 4) is 0 Å². The molecule has 4 rings (SSSR count). The standard InChI is InChI=1S/C29H33N3O3/c1-5-24(28(34)30-16-19(2)3)31(17-21-10-6-9-20(4)15-21)26(33)18-32-25-14-8-12-22-11-7-13-23(27(22)25)29(32)35/h6-15,19,24H,5,16-18H2,1-4H3,(H,30,34)/t24-/m1/s1. The van der Waals surface area contributed by atoms with Gasteiger partial charge in [0.25, 0.3) is 5.91 Å². The lowest BCUT2D eigenvalue weighted by Crippen LogP contribution is -2.52. The molecule has 0 radical (unpaired) electrons. The molecule has 1 aliphatic heterocycles. The van der Waals surface area contributed by atoms with Gasteiger partial charge in [0.1, 0.15) is 12.6 Å². The summed E-state index contributed by atoms with van der Waals surface area (Å²) in [5.74, 6) is -0.298. The van der Waals surface area contributed by atoms with Crippen molar-refractivity contribution in [3.63, 3.8) is 0 Å². The van der Waals surface area contributed by atoms with Crippen molar-refractivity contribution >= 4 is 34.2 Å². The topological polar surface area (TPSA) is 69.7 Å². The van der Waals surface area contributed by atoms with Gasteiger partial charge >= 0.3 is 0 Å². The molecule has 0 saturated heterocycles. The van der Waals surface area contributed by atoms with Gasteiger partial charge in [0, 0.05) is 24.0 Å². The first kappa shape index (κ1) is 24.5. The third kappa shape index (κ3) is 5.06. The minimum Gasteiger partial charge on any atom is -0.354 e. The molecule has 3 aromatic carbocycles. The predicted molar refractivity (Wildman–Crippen MR) is 139 cm³/mol. The van der Waals surface area contributed by atoms with Crippen LogP contribution >= 0.6 is 0 Å². The van der Waals surface area contributed by atoms with Gasteiger partial charge in [-0.05, 0) is 42.3 Å². The van der Waals surface area contributed by atoms with E-state index in [1.807, 2.05) is 82.3 Å². The zero-order valence-electron chi connectivity index (χ0n) is 20.9. The zero-order valence-corrected chi connectivity index (χ0v) is 20.9. The van der Waals surface area contributed by atoms with Crippen LogP contribution in [0.25, 0.3) is 10.8 Å². The lowest BCUT2D eigenvalue weighted by molar-refractivity contribution is -0.140. The summed E-state index contributed by atoms with van der Waals surface area (Å²) in [6.45, 7) is 8.71. The Morgan fingerprint density at radius 1 is 1.03 bits per heavy atom. The molecule has 6 nitrogen and oxygen atoms in total. The Labute approximate surface area is 206 Å². The summed E-state index contributed by atoms with van der Waals surface area (Å²) in [5, 5.41) is 4.83. The molecule has 3 amide bonds. The molecule has 6 heteroatoms. The third-order valence-electron chi connectivity index (χ3n) is 6.45. The number of amides is 3. The molecule has 1 atom stereocenters. The molecule has 3 aromatic rings. The van der Waals surface area contributed by atoms with Crippen molar-refractivity contribution < 1.29 is 14.4 Å². The number of carbonyl (C=O) groups excluding carboxylic acids is 3. The number of hydrogen-bond acceptors (Lipinski definition) is 3. The van der Waals surface area contributed by atoms with Crippen LogP contribution in [0.1, 0.15) is 48.7 Å². The average Bonchev–Trinajstić information content (AvgIpc) is 3.10. The van der Waals surface area contributed by atoms with Crippen molar-refractivity contribution in [2.45, 2.75) is 46.7 Å². The molecule has 0 bridgehead atoms. The van der Waals surface area contributed by atoms with E-state index in [0.717, 1.165) is 27.6 Å². The number of hydrogen-bond donors (Lipinski definition) is 1. The Balaban J connectivity index is 1.64. The van der Waals surface area contributed by atoms with Crippen LogP contribution < -0.4 is 10.2 Å². The predicted octanol–water partition coefficient (Wildman–Crippen LogP) is 4.69. The molecular weight excluding hydrogens is 438 g/mol. The van der Waals surface area contributed by atoms with E-state index >= 15 is 0 Å². The molecule has 0 aliphatic carbocycles. The van der Waals surface area contributed by atoms with Gasteiger partial charge in [-0.2, -0.15) is 0 Å². The number of nitrogens with one attached hydrogen (secondary N) is 1. The summed E-state index contributed by atoms with van der Waals surface area (Å²) >= 11 is 0. The summed E-state index contributed by atoms with van der Waals surface area (Å²) in [6, 6.07) is 18.7. The van der Waals surface area contributed by atoms with Gasteiger partial charge in [-0.1, -0.05) is 74.9 Å². The SMILES string of the molecule is CC[C@H](C(=O)NCC(C)C)N(Cc1cccc(C)c1)C(=O)CN1C(=O)c2cccc3cccc1c23. The molecular formula is C29H33N3O3. The summed E-state index contributed by atoms with van der Waals surface area (Å²) in [4.78, 5) is 43.4. The number of anilines is 1. The number of aryl methyl sites for hydroxylation is 1. The van der Waals surface area contributed by atoms with E-state index in [1.165, 1.54) is 0 Å². The number of carbonyl (C=O) groups is 3. The molecule has 1 heterocycles. The van der Waals surface area contributed by atoms with Gasteiger partial charge < -0.3 is 10.2 Å². The maximum absolute atomic E-state index is 13.8. The Kier molecular flexibility index (Phi) is 7.20. The normalized spacial score (nSPS) is 13.4. The molecule has 35 heavy (non-hydrogen) atoms. The van der Waals surface area contributed by atoms with Crippen molar-refractivity contribution in [1.29, 1.82) is 0 Å². The van der Waals surface area contributed by atoms with Crippen LogP contribution in [-0.2, 0) is 16.1 Å². The zero-order chi connectivity index (χ0) is 25.1. The Morgan fingerprint density at radius 3 is 2.43 bits per heavy atom. The van der Waals surface area contributed by atoms with Crippen LogP contribution in [-0.4, -0.2) is 41.8 Å². The van der Waals surface area contributed by atoms with Crippen LogP contribution in [0, 0.1) is 12.8 Å². The van der Waals surface area contributed by atoms with E-state index in [4.69, 9.17) is 0 Å². The van der Waals surface area contributed by atoms with Crippen molar-refractivity contribution in [1.82, 2.24) is 10.2 Å². The van der Waals surface area contributed by atoms with Gasteiger partial charge in [0.2, 0.25) is 11.8 Å². The van der Waals surface area contributed by atoms with E-state index in [1.54, 1.807) is 15.9 Å². The minimum atomic E-state index is -0.627. The Hall–Kier alpha value is -3.67. The van der Waals surface area contributed by atoms with Gasteiger partial charge in [0.15, 0.2) is 0 Å². The smallest absolute Gasteiger partial charge is 0.259 e. The summed E-state index contributed by atoms with van der Waals surface area (Å²) in [7, 11) is 0. The monoisotopic (exact) mass is 471 g/mol. The quantitative estimate of drug-likeness (QED) is 0.492. The molecule has 0 aromatic heterocycles. The van der Waals surface area contributed by atoms with Gasteiger partial charge in [-0.25, -0.2) is 0 Å². The lowest BCUT2D eigenvalue weighted by atomic mass is 10.1. The van der Waals surface area contributed by atoms with E-state index < -0.39 is 6.04 Å². The van der Waals surface area contributed by atoms with Crippen LogP contribution in [0.2, 0.25) is 0 Å². The highest BCUT2D eigenvalue weighted by molar-refractivity contribution is 6.26. The van der Waals surface area contributed by atoms with Gasteiger partial charge in [-0.15, -0.1) is 0 Å². The third-order valence-corrected chi connectivity index (χ3v) is 6.45. The molecule has 182 valence electrons. The molecule has 0 saturated carbocycles. The summed E-state index contributed by atoms with van der Waals surface area (Å²) in [6.07, 6.45) is 0.477. The number of nitrogens with zero attached hydrogens (tertiary/aromatic N) is 2. The van der Waals surface area contributed by atoms with E-state index in [2.05, 4.69) is 5.32 Å².